The van der Waals surface area contributed by atoms with Gasteiger partial charge < -0.3 is 18.6 Å². The Kier molecular flexibility index (Phi) is 4.94. The number of carbonyl (C=O) groups excluding carboxylic acids is 1. The number of esters is 1. The summed E-state index contributed by atoms with van der Waals surface area (Å²) in [4.78, 5) is 12.2. The zero-order valence-corrected chi connectivity index (χ0v) is 13.8. The molecule has 0 bridgehead atoms. The maximum Gasteiger partial charge on any atom is 0.338 e. The van der Waals surface area contributed by atoms with Crippen molar-refractivity contribution in [1.29, 1.82) is 0 Å². The van der Waals surface area contributed by atoms with Gasteiger partial charge in [0.1, 0.15) is 18.1 Å². The molecular formula is C18H16N2O5. The molecule has 0 saturated heterocycles. The molecule has 0 aliphatic rings. The number of hydrogen-bond acceptors (Lipinski definition) is 7. The molecule has 3 rings (SSSR count). The minimum absolute atomic E-state index is 0.0740. The summed E-state index contributed by atoms with van der Waals surface area (Å²) in [6, 6.07) is 12.0. The number of hydrogen-bond donors (Lipinski definition) is 0. The Morgan fingerprint density at radius 3 is 2.52 bits per heavy atom. The second kappa shape index (κ2) is 7.48. The van der Waals surface area contributed by atoms with Crippen LogP contribution in [0.15, 0.2) is 53.3 Å². The molecule has 0 unspecified atom stereocenters. The van der Waals surface area contributed by atoms with Crippen LogP contribution in [0, 0.1) is 0 Å². The number of methoxy groups -OCH3 is 2. The predicted molar refractivity (Wildman–Crippen MR) is 88.4 cm³/mol. The van der Waals surface area contributed by atoms with Gasteiger partial charge in [-0.15, -0.1) is 10.2 Å². The molecule has 0 saturated carbocycles. The topological polar surface area (TPSA) is 83.7 Å². The highest BCUT2D eigenvalue weighted by molar-refractivity contribution is 5.89. The first-order valence-electron chi connectivity index (χ1n) is 7.46. The highest BCUT2D eigenvalue weighted by Crippen LogP contribution is 2.25. The summed E-state index contributed by atoms with van der Waals surface area (Å²) in [6.45, 7) is 0.0740. The lowest BCUT2D eigenvalue weighted by Crippen LogP contribution is -2.06. The number of rotatable bonds is 6. The molecule has 1 aromatic heterocycles. The first kappa shape index (κ1) is 16.5. The van der Waals surface area contributed by atoms with E-state index < -0.39 is 5.97 Å². The zero-order valence-electron chi connectivity index (χ0n) is 13.8. The van der Waals surface area contributed by atoms with Gasteiger partial charge in [0.15, 0.2) is 0 Å². The molecule has 7 heteroatoms. The van der Waals surface area contributed by atoms with E-state index in [1.807, 2.05) is 0 Å². The fraction of sp³-hybridized carbons (Fsp3) is 0.167. The monoisotopic (exact) mass is 340 g/mol. The zero-order chi connectivity index (χ0) is 17.6. The van der Waals surface area contributed by atoms with Gasteiger partial charge in [-0.3, -0.25) is 0 Å². The third-order valence-electron chi connectivity index (χ3n) is 3.57. The predicted octanol–water partition coefficient (Wildman–Crippen LogP) is 3.11. The number of ether oxygens (including phenoxy) is 3. The van der Waals surface area contributed by atoms with Crippen molar-refractivity contribution < 1.29 is 23.4 Å². The minimum Gasteiger partial charge on any atom is -0.497 e. The Balaban J connectivity index is 1.68. The molecule has 1 heterocycles. The van der Waals surface area contributed by atoms with E-state index in [0.29, 0.717) is 23.0 Å². The molecular weight excluding hydrogens is 324 g/mol. The van der Waals surface area contributed by atoms with Crippen LogP contribution >= 0.6 is 0 Å². The third-order valence-corrected chi connectivity index (χ3v) is 3.57. The van der Waals surface area contributed by atoms with Gasteiger partial charge in [-0.2, -0.15) is 0 Å². The van der Waals surface area contributed by atoms with Gasteiger partial charge in [0.25, 0.3) is 0 Å². The van der Waals surface area contributed by atoms with Crippen molar-refractivity contribution in [3.63, 3.8) is 0 Å². The molecule has 0 N–H and O–H groups in total. The summed E-state index contributed by atoms with van der Waals surface area (Å²) < 4.78 is 20.9. The second-order valence-corrected chi connectivity index (χ2v) is 5.08. The summed E-state index contributed by atoms with van der Waals surface area (Å²) in [7, 11) is 3.13. The molecule has 0 amide bonds. The van der Waals surface area contributed by atoms with E-state index in [0.717, 1.165) is 11.1 Å². The summed E-state index contributed by atoms with van der Waals surface area (Å²) in [6.07, 6.45) is 1.25. The lowest BCUT2D eigenvalue weighted by Gasteiger charge is -2.11. The first-order chi connectivity index (χ1) is 12.2. The average Bonchev–Trinajstić information content (AvgIpc) is 3.20. The summed E-state index contributed by atoms with van der Waals surface area (Å²) in [5.41, 5.74) is 1.87. The van der Waals surface area contributed by atoms with Crippen LogP contribution < -0.4 is 9.47 Å². The average molecular weight is 340 g/mol. The normalized spacial score (nSPS) is 10.3. The fourth-order valence-corrected chi connectivity index (χ4v) is 2.27. The molecule has 0 fully saturated rings. The highest BCUT2D eigenvalue weighted by Gasteiger charge is 2.12. The van der Waals surface area contributed by atoms with Crippen molar-refractivity contribution in [3.05, 3.63) is 60.0 Å². The van der Waals surface area contributed by atoms with Crippen molar-refractivity contribution in [1.82, 2.24) is 10.2 Å². The molecule has 0 aliphatic carbocycles. The molecule has 0 aliphatic heterocycles. The second-order valence-electron chi connectivity index (χ2n) is 5.08. The van der Waals surface area contributed by atoms with Crippen LogP contribution in [0.5, 0.6) is 11.5 Å². The van der Waals surface area contributed by atoms with Crippen molar-refractivity contribution in [2.45, 2.75) is 6.61 Å². The SMILES string of the molecule is COc1ccc(OC)c(COC(=O)c2ccc(-c3nnco3)cc2)c1. The summed E-state index contributed by atoms with van der Waals surface area (Å²) in [5.74, 6) is 1.24. The first-order valence-corrected chi connectivity index (χ1v) is 7.46. The minimum atomic E-state index is -0.443. The van der Waals surface area contributed by atoms with Gasteiger partial charge in [0.05, 0.1) is 19.8 Å². The number of carbonyl (C=O) groups is 1. The number of aromatic nitrogens is 2. The van der Waals surface area contributed by atoms with Crippen LogP contribution in [0.25, 0.3) is 11.5 Å². The van der Waals surface area contributed by atoms with E-state index in [2.05, 4.69) is 10.2 Å². The van der Waals surface area contributed by atoms with Crippen LogP contribution in [-0.4, -0.2) is 30.4 Å². The standard InChI is InChI=1S/C18H16N2O5/c1-22-15-7-8-16(23-2)14(9-15)10-24-18(21)13-5-3-12(4-6-13)17-20-19-11-25-17/h3-9,11H,10H2,1-2H3. The third kappa shape index (κ3) is 3.77. The Morgan fingerprint density at radius 1 is 1.08 bits per heavy atom. The lowest BCUT2D eigenvalue weighted by atomic mass is 10.1. The molecule has 0 atom stereocenters. The molecule has 25 heavy (non-hydrogen) atoms. The van der Waals surface area contributed by atoms with Crippen molar-refractivity contribution in [2.24, 2.45) is 0 Å². The highest BCUT2D eigenvalue weighted by atomic mass is 16.5. The lowest BCUT2D eigenvalue weighted by molar-refractivity contribution is 0.0470. The van der Waals surface area contributed by atoms with E-state index in [1.54, 1.807) is 56.7 Å². The van der Waals surface area contributed by atoms with Gasteiger partial charge in [-0.05, 0) is 42.5 Å². The largest absolute Gasteiger partial charge is 0.497 e. The van der Waals surface area contributed by atoms with E-state index in [4.69, 9.17) is 18.6 Å². The van der Waals surface area contributed by atoms with Crippen LogP contribution in [0.1, 0.15) is 15.9 Å². The maximum absolute atomic E-state index is 12.2. The molecule has 128 valence electrons. The van der Waals surface area contributed by atoms with E-state index in [9.17, 15) is 4.79 Å². The van der Waals surface area contributed by atoms with Gasteiger partial charge in [-0.25, -0.2) is 4.79 Å². The Labute approximate surface area is 144 Å². The van der Waals surface area contributed by atoms with Gasteiger partial charge in [-0.1, -0.05) is 0 Å². The van der Waals surface area contributed by atoms with Crippen molar-refractivity contribution >= 4 is 5.97 Å². The van der Waals surface area contributed by atoms with Crippen LogP contribution in [-0.2, 0) is 11.3 Å². The fourth-order valence-electron chi connectivity index (χ4n) is 2.27. The quantitative estimate of drug-likeness (QED) is 0.637. The van der Waals surface area contributed by atoms with E-state index in [-0.39, 0.29) is 6.61 Å². The van der Waals surface area contributed by atoms with Crippen LogP contribution in [0.2, 0.25) is 0 Å². The Hall–Kier alpha value is -3.35. The summed E-state index contributed by atoms with van der Waals surface area (Å²) in [5, 5.41) is 7.43. The number of benzene rings is 2. The molecule has 0 spiro atoms. The van der Waals surface area contributed by atoms with Gasteiger partial charge in [0.2, 0.25) is 12.3 Å². The molecule has 7 nitrogen and oxygen atoms in total. The molecule has 2 aromatic carbocycles. The Bertz CT molecular complexity index is 844. The van der Waals surface area contributed by atoms with E-state index >= 15 is 0 Å². The maximum atomic E-state index is 12.2. The number of nitrogens with zero attached hydrogens (tertiary/aromatic N) is 2. The van der Waals surface area contributed by atoms with Gasteiger partial charge >= 0.3 is 5.97 Å². The van der Waals surface area contributed by atoms with Crippen LogP contribution in [0.4, 0.5) is 0 Å². The van der Waals surface area contributed by atoms with Crippen molar-refractivity contribution in [3.8, 4) is 23.0 Å². The smallest absolute Gasteiger partial charge is 0.338 e. The van der Waals surface area contributed by atoms with E-state index in [1.165, 1.54) is 6.39 Å². The van der Waals surface area contributed by atoms with Crippen LogP contribution in [0.3, 0.4) is 0 Å². The Morgan fingerprint density at radius 2 is 1.88 bits per heavy atom. The van der Waals surface area contributed by atoms with Gasteiger partial charge in [0, 0.05) is 11.1 Å². The van der Waals surface area contributed by atoms with Crippen molar-refractivity contribution in [2.75, 3.05) is 14.2 Å². The molecule has 3 aromatic rings. The summed E-state index contributed by atoms with van der Waals surface area (Å²) >= 11 is 0. The molecule has 0 radical (unpaired) electrons.